The van der Waals surface area contributed by atoms with Gasteiger partial charge in [0.15, 0.2) is 0 Å². The molecule has 4 nitrogen and oxygen atoms in total. The van der Waals surface area contributed by atoms with Crippen LogP contribution in [-0.2, 0) is 11.2 Å². The summed E-state index contributed by atoms with van der Waals surface area (Å²) in [4.78, 5) is 11.0. The molecule has 0 saturated carbocycles. The molecule has 0 radical (unpaired) electrons. The van der Waals surface area contributed by atoms with E-state index >= 15 is 0 Å². The van der Waals surface area contributed by atoms with Crippen LogP contribution in [0.5, 0.6) is 11.5 Å². The van der Waals surface area contributed by atoms with Crippen LogP contribution in [0.4, 0.5) is 0 Å². The first-order chi connectivity index (χ1) is 9.69. The largest absolute Gasteiger partial charge is 0.481 e. The molecule has 0 aliphatic carbocycles. The van der Waals surface area contributed by atoms with Gasteiger partial charge >= 0.3 is 5.97 Å². The van der Waals surface area contributed by atoms with Gasteiger partial charge in [-0.3, -0.25) is 4.79 Å². The summed E-state index contributed by atoms with van der Waals surface area (Å²) in [5, 5.41) is 9.03. The summed E-state index contributed by atoms with van der Waals surface area (Å²) in [6.45, 7) is 0.124. The smallest absolute Gasteiger partial charge is 0.308 e. The standard InChI is InChI=1S/C16H17NO3/c17-11-13(16(18)19)9-12-5-4-8-15(10-12)20-14-6-2-1-3-7-14/h1-8,10,13H,9,11,17H2,(H,18,19). The maximum absolute atomic E-state index is 11.0. The van der Waals surface area contributed by atoms with E-state index in [1.807, 2.05) is 54.6 Å². The molecule has 0 fully saturated rings. The monoisotopic (exact) mass is 271 g/mol. The average molecular weight is 271 g/mol. The second-order valence-corrected chi connectivity index (χ2v) is 4.54. The average Bonchev–Trinajstić information content (AvgIpc) is 2.46. The fraction of sp³-hybridized carbons (Fsp3) is 0.188. The van der Waals surface area contributed by atoms with Crippen LogP contribution in [0.25, 0.3) is 0 Å². The topological polar surface area (TPSA) is 72.5 Å². The highest BCUT2D eigenvalue weighted by Crippen LogP contribution is 2.22. The van der Waals surface area contributed by atoms with Gasteiger partial charge < -0.3 is 15.6 Å². The number of carbonyl (C=O) groups is 1. The number of benzene rings is 2. The minimum Gasteiger partial charge on any atom is -0.481 e. The molecule has 0 bridgehead atoms. The summed E-state index contributed by atoms with van der Waals surface area (Å²) < 4.78 is 5.72. The predicted octanol–water partition coefficient (Wildman–Crippen LogP) is 2.68. The highest BCUT2D eigenvalue weighted by Gasteiger charge is 2.16. The van der Waals surface area contributed by atoms with Crippen LogP contribution in [0, 0.1) is 5.92 Å². The number of carboxylic acid groups (broad SMARTS) is 1. The molecule has 0 spiro atoms. The first-order valence-electron chi connectivity index (χ1n) is 6.44. The van der Waals surface area contributed by atoms with E-state index in [2.05, 4.69) is 0 Å². The Kier molecular flexibility index (Phi) is 4.74. The van der Waals surface area contributed by atoms with Crippen LogP contribution in [0.3, 0.4) is 0 Å². The van der Waals surface area contributed by atoms with E-state index in [9.17, 15) is 4.79 Å². The van der Waals surface area contributed by atoms with Crippen LogP contribution in [0.1, 0.15) is 5.56 Å². The second-order valence-electron chi connectivity index (χ2n) is 4.54. The number of hydrogen-bond donors (Lipinski definition) is 2. The number of nitrogens with two attached hydrogens (primary N) is 1. The molecule has 20 heavy (non-hydrogen) atoms. The maximum Gasteiger partial charge on any atom is 0.308 e. The molecule has 0 aliphatic rings. The molecule has 0 amide bonds. The highest BCUT2D eigenvalue weighted by molar-refractivity contribution is 5.70. The van der Waals surface area contributed by atoms with E-state index in [4.69, 9.17) is 15.6 Å². The lowest BCUT2D eigenvalue weighted by Crippen LogP contribution is -2.25. The van der Waals surface area contributed by atoms with Crippen molar-refractivity contribution in [2.24, 2.45) is 11.7 Å². The molecule has 1 atom stereocenters. The van der Waals surface area contributed by atoms with Crippen molar-refractivity contribution in [3.05, 3.63) is 60.2 Å². The Bertz CT molecular complexity index is 569. The molecule has 2 aromatic carbocycles. The van der Waals surface area contributed by atoms with Crippen LogP contribution in [0.2, 0.25) is 0 Å². The Morgan fingerprint density at radius 2 is 1.80 bits per heavy atom. The number of ether oxygens (including phenoxy) is 1. The molecule has 2 aromatic rings. The molecule has 3 N–H and O–H groups in total. The van der Waals surface area contributed by atoms with E-state index in [1.54, 1.807) is 0 Å². The van der Waals surface area contributed by atoms with Crippen molar-refractivity contribution in [1.82, 2.24) is 0 Å². The van der Waals surface area contributed by atoms with Gasteiger partial charge in [-0.1, -0.05) is 30.3 Å². The van der Waals surface area contributed by atoms with Gasteiger partial charge in [-0.25, -0.2) is 0 Å². The Morgan fingerprint density at radius 3 is 2.45 bits per heavy atom. The van der Waals surface area contributed by atoms with E-state index < -0.39 is 11.9 Å². The summed E-state index contributed by atoms with van der Waals surface area (Å²) in [7, 11) is 0. The fourth-order valence-corrected chi connectivity index (χ4v) is 1.92. The van der Waals surface area contributed by atoms with Gasteiger partial charge in [0.1, 0.15) is 11.5 Å². The summed E-state index contributed by atoms with van der Waals surface area (Å²) in [6, 6.07) is 16.9. The van der Waals surface area contributed by atoms with Gasteiger partial charge in [0, 0.05) is 6.54 Å². The maximum atomic E-state index is 11.0. The SMILES string of the molecule is NCC(Cc1cccc(Oc2ccccc2)c1)C(=O)O. The molecule has 4 heteroatoms. The van der Waals surface area contributed by atoms with Crippen LogP contribution < -0.4 is 10.5 Å². The third kappa shape index (κ3) is 3.83. The quantitative estimate of drug-likeness (QED) is 0.847. The Labute approximate surface area is 117 Å². The van der Waals surface area contributed by atoms with E-state index in [0.29, 0.717) is 12.2 Å². The lowest BCUT2D eigenvalue weighted by atomic mass is 9.99. The van der Waals surface area contributed by atoms with Crippen molar-refractivity contribution in [3.8, 4) is 11.5 Å². The van der Waals surface area contributed by atoms with Crippen molar-refractivity contribution in [2.75, 3.05) is 6.54 Å². The summed E-state index contributed by atoms with van der Waals surface area (Å²) >= 11 is 0. The Morgan fingerprint density at radius 1 is 1.10 bits per heavy atom. The Balaban J connectivity index is 2.10. The van der Waals surface area contributed by atoms with Crippen LogP contribution >= 0.6 is 0 Å². The lowest BCUT2D eigenvalue weighted by molar-refractivity contribution is -0.141. The number of aliphatic carboxylic acids is 1. The third-order valence-electron chi connectivity index (χ3n) is 2.99. The van der Waals surface area contributed by atoms with E-state index in [0.717, 1.165) is 11.3 Å². The van der Waals surface area contributed by atoms with Gasteiger partial charge in [-0.15, -0.1) is 0 Å². The van der Waals surface area contributed by atoms with Crippen LogP contribution in [0.15, 0.2) is 54.6 Å². The molecule has 0 saturated heterocycles. The zero-order chi connectivity index (χ0) is 14.4. The predicted molar refractivity (Wildman–Crippen MR) is 76.8 cm³/mol. The summed E-state index contributed by atoms with van der Waals surface area (Å²) in [6.07, 6.45) is 0.401. The summed E-state index contributed by atoms with van der Waals surface area (Å²) in [5.74, 6) is -0.00280. The number of carboxylic acids is 1. The normalized spacial score (nSPS) is 11.8. The molecule has 0 heterocycles. The zero-order valence-corrected chi connectivity index (χ0v) is 11.0. The highest BCUT2D eigenvalue weighted by atomic mass is 16.5. The molecular weight excluding hydrogens is 254 g/mol. The molecule has 0 aromatic heterocycles. The zero-order valence-electron chi connectivity index (χ0n) is 11.0. The summed E-state index contributed by atoms with van der Waals surface area (Å²) in [5.41, 5.74) is 6.37. The van der Waals surface area contributed by atoms with Gasteiger partial charge in [0.2, 0.25) is 0 Å². The first kappa shape index (κ1) is 14.1. The lowest BCUT2D eigenvalue weighted by Gasteiger charge is -2.11. The number of hydrogen-bond acceptors (Lipinski definition) is 3. The molecule has 1 unspecified atom stereocenters. The number of para-hydroxylation sites is 1. The first-order valence-corrected chi connectivity index (χ1v) is 6.44. The second kappa shape index (κ2) is 6.73. The van der Waals surface area contributed by atoms with Crippen molar-refractivity contribution >= 4 is 5.97 Å². The van der Waals surface area contributed by atoms with Crippen molar-refractivity contribution < 1.29 is 14.6 Å². The van der Waals surface area contributed by atoms with Crippen molar-refractivity contribution in [2.45, 2.75) is 6.42 Å². The van der Waals surface area contributed by atoms with E-state index in [1.165, 1.54) is 0 Å². The van der Waals surface area contributed by atoms with Crippen LogP contribution in [-0.4, -0.2) is 17.6 Å². The van der Waals surface area contributed by atoms with Gasteiger partial charge in [0.05, 0.1) is 5.92 Å². The molecule has 2 rings (SSSR count). The van der Waals surface area contributed by atoms with Crippen molar-refractivity contribution in [3.63, 3.8) is 0 Å². The third-order valence-corrected chi connectivity index (χ3v) is 2.99. The molecular formula is C16H17NO3. The molecule has 104 valence electrons. The molecule has 0 aliphatic heterocycles. The number of rotatable bonds is 6. The minimum absolute atomic E-state index is 0.124. The minimum atomic E-state index is -0.873. The fourth-order valence-electron chi connectivity index (χ4n) is 1.92. The van der Waals surface area contributed by atoms with E-state index in [-0.39, 0.29) is 6.54 Å². The van der Waals surface area contributed by atoms with Gasteiger partial charge in [-0.2, -0.15) is 0 Å². The van der Waals surface area contributed by atoms with Gasteiger partial charge in [0.25, 0.3) is 0 Å². The van der Waals surface area contributed by atoms with Gasteiger partial charge in [-0.05, 0) is 36.2 Å². The Hall–Kier alpha value is -2.33. The van der Waals surface area contributed by atoms with Crippen molar-refractivity contribution in [1.29, 1.82) is 0 Å².